The van der Waals surface area contributed by atoms with E-state index in [0.717, 1.165) is 34.4 Å². The van der Waals surface area contributed by atoms with Gasteiger partial charge >= 0.3 is 0 Å². The summed E-state index contributed by atoms with van der Waals surface area (Å²) in [7, 11) is 1.67. The molecule has 0 aliphatic carbocycles. The molecular weight excluding hydrogens is 366 g/mol. The molecular formula is C23H29N3O3. The number of guanidine groups is 1. The first-order valence-electron chi connectivity index (χ1n) is 9.79. The maximum Gasteiger partial charge on any atom is 0.191 e. The molecule has 0 aliphatic rings. The molecule has 3 rings (SSSR count). The molecule has 1 aromatic heterocycles. The largest absolute Gasteiger partial charge is 0.497 e. The van der Waals surface area contributed by atoms with Crippen LogP contribution in [0.2, 0.25) is 0 Å². The highest BCUT2D eigenvalue weighted by atomic mass is 16.5. The minimum Gasteiger partial charge on any atom is -0.497 e. The third kappa shape index (κ3) is 5.29. The van der Waals surface area contributed by atoms with Crippen LogP contribution in [-0.2, 0) is 12.1 Å². The molecule has 2 aromatic carbocycles. The number of ether oxygens (including phenoxy) is 1. The molecule has 0 saturated heterocycles. The molecule has 3 N–H and O–H groups in total. The molecule has 0 amide bonds. The zero-order chi connectivity index (χ0) is 20.9. The van der Waals surface area contributed by atoms with E-state index < -0.39 is 5.60 Å². The second-order valence-corrected chi connectivity index (χ2v) is 7.28. The number of aryl methyl sites for hydroxylation is 1. The number of fused-ring (bicyclic) bond motifs is 1. The predicted molar refractivity (Wildman–Crippen MR) is 116 cm³/mol. The summed E-state index contributed by atoms with van der Waals surface area (Å²) in [6, 6.07) is 15.9. The van der Waals surface area contributed by atoms with Gasteiger partial charge in [0.25, 0.3) is 0 Å². The fraction of sp³-hybridized carbons (Fsp3) is 0.348. The van der Waals surface area contributed by atoms with E-state index in [-0.39, 0.29) is 6.54 Å². The number of methoxy groups -OCH3 is 1. The summed E-state index contributed by atoms with van der Waals surface area (Å²) in [4.78, 5) is 4.65. The van der Waals surface area contributed by atoms with Crippen molar-refractivity contribution >= 4 is 16.7 Å². The van der Waals surface area contributed by atoms with Crippen molar-refractivity contribution in [3.05, 3.63) is 65.6 Å². The molecule has 3 aromatic rings. The topological polar surface area (TPSA) is 79.0 Å². The first kappa shape index (κ1) is 20.7. The SMILES string of the molecule is CCNC(=NCc1ccc2cc(OC)ccc2c1)NCC(C)(O)c1ccc(C)o1. The number of hydrogen-bond acceptors (Lipinski definition) is 4. The van der Waals surface area contributed by atoms with E-state index in [2.05, 4.69) is 33.8 Å². The van der Waals surface area contributed by atoms with Gasteiger partial charge in [-0.2, -0.15) is 0 Å². The fourth-order valence-electron chi connectivity index (χ4n) is 3.08. The Morgan fingerprint density at radius 2 is 1.86 bits per heavy atom. The summed E-state index contributed by atoms with van der Waals surface area (Å²) in [6.45, 7) is 7.13. The Labute approximate surface area is 171 Å². The molecule has 6 nitrogen and oxygen atoms in total. The van der Waals surface area contributed by atoms with Crippen LogP contribution >= 0.6 is 0 Å². The lowest BCUT2D eigenvalue weighted by atomic mass is 10.0. The number of nitrogens with zero attached hydrogens (tertiary/aromatic N) is 1. The molecule has 1 unspecified atom stereocenters. The maximum absolute atomic E-state index is 10.7. The van der Waals surface area contributed by atoms with E-state index in [1.807, 2.05) is 38.1 Å². The van der Waals surface area contributed by atoms with E-state index in [1.165, 1.54) is 0 Å². The normalized spacial score (nSPS) is 13.9. The standard InChI is InChI=1S/C23H29N3O3/c1-5-24-22(26-15-23(3,27)21-11-6-16(2)29-21)25-14-17-7-8-19-13-20(28-4)10-9-18(19)12-17/h6-13,27H,5,14-15H2,1-4H3,(H2,24,25,26). The molecule has 0 radical (unpaired) electrons. The van der Waals surface area contributed by atoms with Gasteiger partial charge < -0.3 is 24.9 Å². The van der Waals surface area contributed by atoms with E-state index in [0.29, 0.717) is 18.3 Å². The first-order valence-corrected chi connectivity index (χ1v) is 9.79. The fourth-order valence-corrected chi connectivity index (χ4v) is 3.08. The molecule has 1 heterocycles. The number of nitrogens with one attached hydrogen (secondary N) is 2. The second kappa shape index (κ2) is 9.01. The van der Waals surface area contributed by atoms with Crippen molar-refractivity contribution in [1.29, 1.82) is 0 Å². The van der Waals surface area contributed by atoms with Gasteiger partial charge in [0.1, 0.15) is 22.9 Å². The Morgan fingerprint density at radius 1 is 1.10 bits per heavy atom. The van der Waals surface area contributed by atoms with E-state index in [9.17, 15) is 5.11 Å². The van der Waals surface area contributed by atoms with Crippen LogP contribution in [0, 0.1) is 6.92 Å². The van der Waals surface area contributed by atoms with Crippen LogP contribution in [0.1, 0.15) is 30.9 Å². The van der Waals surface area contributed by atoms with E-state index in [4.69, 9.17) is 9.15 Å². The Balaban J connectivity index is 1.69. The third-order valence-electron chi connectivity index (χ3n) is 4.75. The van der Waals surface area contributed by atoms with Gasteiger partial charge in [0, 0.05) is 6.54 Å². The van der Waals surface area contributed by atoms with Crippen LogP contribution in [0.3, 0.4) is 0 Å². The van der Waals surface area contributed by atoms with Gasteiger partial charge in [0.2, 0.25) is 0 Å². The van der Waals surface area contributed by atoms with Gasteiger partial charge in [-0.3, -0.25) is 0 Å². The highest BCUT2D eigenvalue weighted by Gasteiger charge is 2.27. The second-order valence-electron chi connectivity index (χ2n) is 7.28. The van der Waals surface area contributed by atoms with Crippen LogP contribution in [0.15, 0.2) is 57.9 Å². The summed E-state index contributed by atoms with van der Waals surface area (Å²) in [5.74, 6) is 2.80. The highest BCUT2D eigenvalue weighted by Crippen LogP contribution is 2.23. The summed E-state index contributed by atoms with van der Waals surface area (Å²) in [5, 5.41) is 19.4. The van der Waals surface area contributed by atoms with Crippen molar-refractivity contribution in [3.8, 4) is 5.75 Å². The number of hydrogen-bond donors (Lipinski definition) is 3. The zero-order valence-corrected chi connectivity index (χ0v) is 17.5. The molecule has 0 fully saturated rings. The van der Waals surface area contributed by atoms with Crippen molar-refractivity contribution < 1.29 is 14.3 Å². The number of benzene rings is 2. The lowest BCUT2D eigenvalue weighted by molar-refractivity contribution is 0.0378. The number of furan rings is 1. The average Bonchev–Trinajstić information content (AvgIpc) is 3.17. The van der Waals surface area contributed by atoms with Gasteiger partial charge in [-0.1, -0.05) is 18.2 Å². The molecule has 0 bridgehead atoms. The Hall–Kier alpha value is -2.99. The summed E-state index contributed by atoms with van der Waals surface area (Å²) in [5.41, 5.74) is -0.0276. The minimum absolute atomic E-state index is 0.281. The number of rotatable bonds is 7. The van der Waals surface area contributed by atoms with Crippen molar-refractivity contribution in [2.24, 2.45) is 4.99 Å². The average molecular weight is 396 g/mol. The van der Waals surface area contributed by atoms with Crippen LogP contribution in [-0.4, -0.2) is 31.3 Å². The Morgan fingerprint density at radius 3 is 2.55 bits per heavy atom. The van der Waals surface area contributed by atoms with E-state index >= 15 is 0 Å². The van der Waals surface area contributed by atoms with Crippen molar-refractivity contribution in [2.45, 2.75) is 32.9 Å². The molecule has 0 aliphatic heterocycles. The van der Waals surface area contributed by atoms with Gasteiger partial charge in [-0.05, 0) is 67.4 Å². The smallest absolute Gasteiger partial charge is 0.191 e. The van der Waals surface area contributed by atoms with Crippen LogP contribution in [0.4, 0.5) is 0 Å². The van der Waals surface area contributed by atoms with Gasteiger partial charge in [0.05, 0.1) is 20.2 Å². The van der Waals surface area contributed by atoms with Crippen LogP contribution < -0.4 is 15.4 Å². The summed E-state index contributed by atoms with van der Waals surface area (Å²) < 4.78 is 10.8. The summed E-state index contributed by atoms with van der Waals surface area (Å²) >= 11 is 0. The lowest BCUT2D eigenvalue weighted by Gasteiger charge is -2.22. The predicted octanol–water partition coefficient (Wildman–Crippen LogP) is 3.71. The van der Waals surface area contributed by atoms with Gasteiger partial charge in [-0.15, -0.1) is 0 Å². The van der Waals surface area contributed by atoms with Crippen molar-refractivity contribution in [2.75, 3.05) is 20.2 Å². The van der Waals surface area contributed by atoms with Crippen molar-refractivity contribution in [1.82, 2.24) is 10.6 Å². The van der Waals surface area contributed by atoms with Gasteiger partial charge in [0.15, 0.2) is 5.96 Å². The number of aliphatic imine (C=N–C) groups is 1. The number of aliphatic hydroxyl groups is 1. The summed E-state index contributed by atoms with van der Waals surface area (Å²) in [6.07, 6.45) is 0. The van der Waals surface area contributed by atoms with Gasteiger partial charge in [-0.25, -0.2) is 4.99 Å². The van der Waals surface area contributed by atoms with E-state index in [1.54, 1.807) is 20.1 Å². The Kier molecular flexibility index (Phi) is 6.44. The van der Waals surface area contributed by atoms with Crippen LogP contribution in [0.25, 0.3) is 10.8 Å². The molecule has 29 heavy (non-hydrogen) atoms. The lowest BCUT2D eigenvalue weighted by Crippen LogP contribution is -2.44. The molecule has 0 spiro atoms. The highest BCUT2D eigenvalue weighted by molar-refractivity contribution is 5.84. The minimum atomic E-state index is -1.13. The molecule has 1 atom stereocenters. The molecule has 0 saturated carbocycles. The molecule has 6 heteroatoms. The van der Waals surface area contributed by atoms with Crippen molar-refractivity contribution in [3.63, 3.8) is 0 Å². The molecule has 154 valence electrons. The third-order valence-corrected chi connectivity index (χ3v) is 4.75. The zero-order valence-electron chi connectivity index (χ0n) is 17.5. The van der Waals surface area contributed by atoms with Crippen LogP contribution in [0.5, 0.6) is 5.75 Å². The quantitative estimate of drug-likeness (QED) is 0.420. The monoisotopic (exact) mass is 395 g/mol. The maximum atomic E-state index is 10.7. The Bertz CT molecular complexity index is 992. The first-order chi connectivity index (χ1) is 13.9.